The van der Waals surface area contributed by atoms with Crippen LogP contribution in [0.5, 0.6) is 5.75 Å². The first-order chi connectivity index (χ1) is 26.6. The number of thiazole rings is 1. The summed E-state index contributed by atoms with van der Waals surface area (Å²) in [4.78, 5) is 48.3. The predicted molar refractivity (Wildman–Crippen MR) is 216 cm³/mol. The van der Waals surface area contributed by atoms with Crippen LogP contribution in [-0.4, -0.2) is 55.3 Å². The van der Waals surface area contributed by atoms with Gasteiger partial charge in [-0.2, -0.15) is 0 Å². The number of nitrogens with zero attached hydrogens (tertiary/aromatic N) is 7. The van der Waals surface area contributed by atoms with E-state index in [1.807, 2.05) is 79.9 Å². The fourth-order valence-corrected chi connectivity index (χ4v) is 9.07. The van der Waals surface area contributed by atoms with E-state index < -0.39 is 16.5 Å². The molecule has 12 nitrogen and oxygen atoms in total. The highest BCUT2D eigenvalue weighted by atomic mass is 35.5. The van der Waals surface area contributed by atoms with Gasteiger partial charge in [0.2, 0.25) is 0 Å². The maximum absolute atomic E-state index is 14.8. The molecule has 1 aliphatic heterocycles. The topological polar surface area (TPSA) is 138 Å². The van der Waals surface area contributed by atoms with Crippen LogP contribution >= 0.6 is 34.7 Å². The molecule has 0 bridgehead atoms. The van der Waals surface area contributed by atoms with E-state index in [1.165, 1.54) is 23.9 Å². The lowest BCUT2D eigenvalue weighted by Crippen LogP contribution is -2.43. The summed E-state index contributed by atoms with van der Waals surface area (Å²) in [5.74, 6) is 0.918. The fourth-order valence-electron chi connectivity index (χ4n) is 6.87. The van der Waals surface area contributed by atoms with Gasteiger partial charge in [-0.3, -0.25) is 24.3 Å². The Balaban J connectivity index is 1.43. The van der Waals surface area contributed by atoms with Crippen LogP contribution in [0, 0.1) is 10.1 Å². The monoisotopic (exact) mass is 793 g/mol. The Morgan fingerprint density at radius 3 is 2.55 bits per heavy atom. The molecule has 55 heavy (non-hydrogen) atoms. The number of rotatable bonds is 11. The number of hydrogen-bond acceptors (Lipinski definition) is 10. The Kier molecular flexibility index (Phi) is 10.7. The number of halogens is 1. The van der Waals surface area contributed by atoms with Crippen molar-refractivity contribution in [1.29, 1.82) is 0 Å². The number of carbonyl (C=O) groups is 1. The van der Waals surface area contributed by atoms with Crippen LogP contribution < -0.4 is 19.6 Å². The lowest BCUT2D eigenvalue weighted by atomic mass is 9.90. The number of likely N-dealkylation sites (N-methyl/N-ethyl adjacent to an activating group) is 1. The third kappa shape index (κ3) is 6.97. The maximum atomic E-state index is 14.8. The van der Waals surface area contributed by atoms with E-state index in [2.05, 4.69) is 10.2 Å². The van der Waals surface area contributed by atoms with E-state index in [9.17, 15) is 19.7 Å². The number of allylic oxidation sites excluding steroid dienone is 1. The molecule has 3 heterocycles. The average Bonchev–Trinajstić information content (AvgIpc) is 3.73. The zero-order valence-corrected chi connectivity index (χ0v) is 33.0. The predicted octanol–water partition coefficient (Wildman–Crippen LogP) is 7.26. The first kappa shape index (κ1) is 37.7. The second kappa shape index (κ2) is 15.7. The fraction of sp³-hybridized carbons (Fsp3) is 0.225. The van der Waals surface area contributed by atoms with Gasteiger partial charge >= 0.3 is 0 Å². The Bertz CT molecular complexity index is 2720. The van der Waals surface area contributed by atoms with Crippen molar-refractivity contribution in [3.8, 4) is 17.1 Å². The molecule has 6 aromatic rings. The number of carbonyl (C=O) groups excluding carboxylic acids is 1. The number of methoxy groups -OCH3 is 1. The van der Waals surface area contributed by atoms with Gasteiger partial charge < -0.3 is 14.2 Å². The summed E-state index contributed by atoms with van der Waals surface area (Å²) in [5, 5.41) is 23.8. The van der Waals surface area contributed by atoms with Gasteiger partial charge in [0.05, 0.1) is 27.8 Å². The van der Waals surface area contributed by atoms with E-state index in [1.54, 1.807) is 41.7 Å². The zero-order chi connectivity index (χ0) is 39.0. The second-order valence-corrected chi connectivity index (χ2v) is 15.1. The largest absolute Gasteiger partial charge is 0.496 e. The van der Waals surface area contributed by atoms with Gasteiger partial charge in [-0.05, 0) is 86.1 Å². The Labute approximate surface area is 329 Å². The normalized spacial score (nSPS) is 14.2. The van der Waals surface area contributed by atoms with E-state index in [0.717, 1.165) is 27.7 Å². The first-order valence-electron chi connectivity index (χ1n) is 17.6. The van der Waals surface area contributed by atoms with Crippen molar-refractivity contribution in [1.82, 2.24) is 24.2 Å². The second-order valence-electron chi connectivity index (χ2n) is 12.6. The van der Waals surface area contributed by atoms with Crippen molar-refractivity contribution in [3.63, 3.8) is 0 Å². The smallest absolute Gasteiger partial charge is 0.271 e. The van der Waals surface area contributed by atoms with Crippen LogP contribution in [0.15, 0.2) is 110 Å². The average molecular weight is 794 g/mol. The molecule has 1 amide bonds. The number of benzene rings is 4. The van der Waals surface area contributed by atoms with Crippen LogP contribution in [0.3, 0.4) is 0 Å². The van der Waals surface area contributed by atoms with Crippen LogP contribution in [0.25, 0.3) is 28.2 Å². The minimum Gasteiger partial charge on any atom is -0.496 e. The number of hydrogen-bond donors (Lipinski definition) is 0. The third-order valence-electron chi connectivity index (χ3n) is 9.53. The molecule has 1 atom stereocenters. The highest BCUT2D eigenvalue weighted by Crippen LogP contribution is 2.41. The highest BCUT2D eigenvalue weighted by molar-refractivity contribution is 7.99. The van der Waals surface area contributed by atoms with Crippen molar-refractivity contribution >= 4 is 63.1 Å². The molecule has 0 N–H and O–H groups in total. The molecule has 280 valence electrons. The molecule has 2 aromatic heterocycles. The molecule has 0 unspecified atom stereocenters. The number of nitro groups is 1. The molecule has 0 saturated carbocycles. The molecule has 7 rings (SSSR count). The number of nitro benzene ring substituents is 1. The van der Waals surface area contributed by atoms with E-state index in [-0.39, 0.29) is 16.1 Å². The first-order valence-corrected chi connectivity index (χ1v) is 19.6. The highest BCUT2D eigenvalue weighted by Gasteiger charge is 2.37. The van der Waals surface area contributed by atoms with Crippen molar-refractivity contribution in [2.45, 2.75) is 50.3 Å². The molecule has 0 aliphatic carbocycles. The number of aromatic nitrogens is 4. The molecule has 4 aromatic carbocycles. The minimum atomic E-state index is -0.875. The summed E-state index contributed by atoms with van der Waals surface area (Å²) in [6.45, 7) is 9.07. The van der Waals surface area contributed by atoms with E-state index in [0.29, 0.717) is 73.5 Å². The van der Waals surface area contributed by atoms with Gasteiger partial charge in [-0.15, -0.1) is 10.2 Å². The van der Waals surface area contributed by atoms with Crippen LogP contribution in [0.4, 0.5) is 5.69 Å². The maximum Gasteiger partial charge on any atom is 0.271 e. The summed E-state index contributed by atoms with van der Waals surface area (Å²) in [7, 11) is 1.57. The van der Waals surface area contributed by atoms with Gasteiger partial charge in [0.15, 0.2) is 15.8 Å². The molecular formula is C40H36ClN7O5S2. The van der Waals surface area contributed by atoms with E-state index in [4.69, 9.17) is 21.3 Å². The summed E-state index contributed by atoms with van der Waals surface area (Å²) < 4.78 is 9.69. The molecule has 15 heteroatoms. The molecule has 0 fully saturated rings. The van der Waals surface area contributed by atoms with Crippen molar-refractivity contribution in [2.75, 3.05) is 20.2 Å². The quantitative estimate of drug-likeness (QED) is 0.0988. The summed E-state index contributed by atoms with van der Waals surface area (Å²) in [6, 6.07) is 22.5. The van der Waals surface area contributed by atoms with Gasteiger partial charge in [-0.1, -0.05) is 65.4 Å². The molecular weight excluding hydrogens is 758 g/mol. The number of fused-ring (bicyclic) bond motifs is 2. The Hall–Kier alpha value is -5.57. The summed E-state index contributed by atoms with van der Waals surface area (Å²) >= 11 is 8.71. The molecule has 0 spiro atoms. The van der Waals surface area contributed by atoms with E-state index >= 15 is 0 Å². The summed E-state index contributed by atoms with van der Waals surface area (Å²) in [6.07, 6.45) is 1.65. The number of amides is 1. The van der Waals surface area contributed by atoms with Gasteiger partial charge in [0.25, 0.3) is 17.2 Å². The molecule has 0 saturated heterocycles. The molecule has 1 aliphatic rings. The third-order valence-corrected chi connectivity index (χ3v) is 11.8. The number of ether oxygens (including phenoxy) is 1. The van der Waals surface area contributed by atoms with Crippen molar-refractivity contribution in [3.05, 3.63) is 136 Å². The van der Waals surface area contributed by atoms with Crippen molar-refractivity contribution < 1.29 is 14.5 Å². The number of non-ortho nitro benzene ring substituents is 1. The minimum absolute atomic E-state index is 0.138. The Morgan fingerprint density at radius 1 is 1.05 bits per heavy atom. The van der Waals surface area contributed by atoms with Gasteiger partial charge in [-0.25, -0.2) is 4.99 Å². The molecule has 0 radical (unpaired) electrons. The van der Waals surface area contributed by atoms with Crippen molar-refractivity contribution in [2.24, 2.45) is 4.99 Å². The van der Waals surface area contributed by atoms with Crippen LogP contribution in [0.2, 0.25) is 5.02 Å². The SMILES string of the molecule is CCN(CC)C(=O)C1=C(C)N=c2s/c(=C\c3cc([N+](=O)[O-])ccc3Sc3nnc(-c4cccc(Cl)c4)n3CC)c(=O)n2[C@H]1c1c(OC)ccc2ccccc12. The summed E-state index contributed by atoms with van der Waals surface area (Å²) in [5.41, 5.74) is 2.23. The lowest BCUT2D eigenvalue weighted by molar-refractivity contribution is -0.384. The zero-order valence-electron chi connectivity index (χ0n) is 30.6. The Morgan fingerprint density at radius 2 is 1.84 bits per heavy atom. The lowest BCUT2D eigenvalue weighted by Gasteiger charge is -2.30. The van der Waals surface area contributed by atoms with Crippen LogP contribution in [-0.2, 0) is 11.3 Å². The van der Waals surface area contributed by atoms with Gasteiger partial charge in [0, 0.05) is 52.8 Å². The van der Waals surface area contributed by atoms with Crippen LogP contribution in [0.1, 0.15) is 44.9 Å². The van der Waals surface area contributed by atoms with Gasteiger partial charge in [0.1, 0.15) is 11.8 Å². The standard InChI is InChI=1S/C40H36ClN7O5S2/c1-6-45(7-2)38(50)33-23(4)42-39-47(35(33)34-29-15-10-9-12-24(29)16-18-30(34)53-5)37(49)32(55-39)22-26-21-28(48(51)52)17-19-31(26)54-40-44-43-36(46(40)8-3)25-13-11-14-27(41)20-25/h9-22,35H,6-8H2,1-5H3/b32-22-/t35-/m1/s1.